The van der Waals surface area contributed by atoms with Gasteiger partial charge in [0.25, 0.3) is 0 Å². The van der Waals surface area contributed by atoms with Gasteiger partial charge >= 0.3 is 0 Å². The predicted molar refractivity (Wildman–Crippen MR) is 96.2 cm³/mol. The number of hydrogen-bond donors (Lipinski definition) is 1. The van der Waals surface area contributed by atoms with Gasteiger partial charge < -0.3 is 10.1 Å². The molecule has 130 valence electrons. The van der Waals surface area contributed by atoms with Crippen molar-refractivity contribution in [2.75, 3.05) is 37.9 Å². The van der Waals surface area contributed by atoms with Crippen LogP contribution in [0.5, 0.6) is 0 Å². The van der Waals surface area contributed by atoms with Gasteiger partial charge in [-0.15, -0.1) is 4.99 Å². The number of aliphatic imine (C=N–C) groups is 1. The Hall–Kier alpha value is -1.02. The number of nitrogens with zero attached hydrogens (tertiary/aromatic N) is 3. The Morgan fingerprint density at radius 2 is 1.96 bits per heavy atom. The third-order valence-electron chi connectivity index (χ3n) is 3.16. The number of anilines is 1. The van der Waals surface area contributed by atoms with E-state index in [0.717, 1.165) is 0 Å². The number of benzene rings is 1. The smallest absolute Gasteiger partial charge is 0.246 e. The fraction of sp³-hybridized carbons (Fsp3) is 0.385. The van der Waals surface area contributed by atoms with Gasteiger partial charge in [-0.2, -0.15) is 9.57 Å². The van der Waals surface area contributed by atoms with E-state index in [1.807, 2.05) is 0 Å². The van der Waals surface area contributed by atoms with Crippen molar-refractivity contribution in [1.29, 1.82) is 5.26 Å². The summed E-state index contributed by atoms with van der Waals surface area (Å²) in [5, 5.41) is 11.8. The molecule has 0 atom stereocenters. The van der Waals surface area contributed by atoms with Gasteiger partial charge in [-0.3, -0.25) is 0 Å². The van der Waals surface area contributed by atoms with E-state index < -0.39 is 10.0 Å². The van der Waals surface area contributed by atoms with Crippen LogP contribution in [0.25, 0.3) is 0 Å². The Morgan fingerprint density at radius 1 is 1.38 bits per heavy atom. The average Bonchev–Trinajstić information content (AvgIpc) is 2.54. The highest BCUT2D eigenvalue weighted by Crippen LogP contribution is 2.35. The second-order valence-corrected chi connectivity index (χ2v) is 8.12. The molecule has 1 N–H and O–H groups in total. The van der Waals surface area contributed by atoms with Gasteiger partial charge in [0, 0.05) is 18.8 Å². The lowest BCUT2D eigenvalue weighted by molar-refractivity contribution is 0.0730. The molecule has 0 amide bonds. The van der Waals surface area contributed by atoms with Crippen LogP contribution >= 0.6 is 35.0 Å². The fourth-order valence-corrected chi connectivity index (χ4v) is 5.01. The molecular formula is C13H14Cl2N4O3S2. The molecule has 1 fully saturated rings. The van der Waals surface area contributed by atoms with Gasteiger partial charge in [0.05, 0.1) is 23.3 Å². The summed E-state index contributed by atoms with van der Waals surface area (Å²) in [6, 6.07) is 2.87. The van der Waals surface area contributed by atoms with E-state index in [1.165, 1.54) is 28.2 Å². The number of halogens is 2. The summed E-state index contributed by atoms with van der Waals surface area (Å²) in [6.45, 7) is 1.16. The van der Waals surface area contributed by atoms with Crippen molar-refractivity contribution in [2.45, 2.75) is 4.90 Å². The van der Waals surface area contributed by atoms with Crippen molar-refractivity contribution in [3.8, 4) is 6.19 Å². The molecule has 1 aromatic carbocycles. The van der Waals surface area contributed by atoms with Crippen LogP contribution in [0.3, 0.4) is 0 Å². The summed E-state index contributed by atoms with van der Waals surface area (Å²) in [6.07, 6.45) is 3.41. The molecule has 24 heavy (non-hydrogen) atoms. The van der Waals surface area contributed by atoms with Crippen LogP contribution in [0.2, 0.25) is 10.0 Å². The maximum Gasteiger partial charge on any atom is 0.246 e. The summed E-state index contributed by atoms with van der Waals surface area (Å²) < 4.78 is 31.9. The Morgan fingerprint density at radius 3 is 2.46 bits per heavy atom. The van der Waals surface area contributed by atoms with Gasteiger partial charge in [0.2, 0.25) is 16.2 Å². The molecule has 7 nitrogen and oxygen atoms in total. The number of hydrogen-bond acceptors (Lipinski definition) is 6. The number of nitrogens with one attached hydrogen (secondary N) is 1. The zero-order valence-electron chi connectivity index (χ0n) is 12.6. The van der Waals surface area contributed by atoms with E-state index in [-0.39, 0.29) is 28.0 Å². The standard InChI is InChI=1S/C13H14Cl2N4O3S2/c1-23-13(17-8-16)18-9-6-10(14)12(11(15)7-9)24(20,21)19-2-4-22-5-3-19/h6-7H,2-5H2,1H3,(H,17,18). The van der Waals surface area contributed by atoms with Gasteiger partial charge in [-0.25, -0.2) is 8.42 Å². The normalized spacial score (nSPS) is 16.7. The summed E-state index contributed by atoms with van der Waals surface area (Å²) in [5.41, 5.74) is 0.439. The van der Waals surface area contributed by atoms with Gasteiger partial charge in [0.15, 0.2) is 5.17 Å². The zero-order chi connectivity index (χ0) is 17.7. The molecule has 0 aliphatic carbocycles. The summed E-state index contributed by atoms with van der Waals surface area (Å²) in [7, 11) is -3.81. The minimum atomic E-state index is -3.81. The molecule has 0 spiro atoms. The van der Waals surface area contributed by atoms with Crippen LogP contribution in [-0.4, -0.2) is 50.4 Å². The monoisotopic (exact) mass is 408 g/mol. The van der Waals surface area contributed by atoms with Crippen LogP contribution in [-0.2, 0) is 14.8 Å². The quantitative estimate of drug-likeness (QED) is 0.469. The van der Waals surface area contributed by atoms with Crippen molar-refractivity contribution in [3.63, 3.8) is 0 Å². The van der Waals surface area contributed by atoms with E-state index >= 15 is 0 Å². The number of thioether (sulfide) groups is 1. The third-order valence-corrected chi connectivity index (χ3v) is 6.56. The summed E-state index contributed by atoms with van der Waals surface area (Å²) >= 11 is 13.6. The number of amidine groups is 1. The van der Waals surface area contributed by atoms with Gasteiger partial charge in [-0.1, -0.05) is 35.0 Å². The molecule has 1 aliphatic heterocycles. The highest BCUT2D eigenvalue weighted by molar-refractivity contribution is 8.13. The van der Waals surface area contributed by atoms with Gasteiger partial charge in [-0.05, 0) is 18.4 Å². The van der Waals surface area contributed by atoms with E-state index in [2.05, 4.69) is 10.3 Å². The van der Waals surface area contributed by atoms with Gasteiger partial charge in [0.1, 0.15) is 4.90 Å². The molecule has 2 rings (SSSR count). The second kappa shape index (κ2) is 8.38. The molecule has 0 saturated carbocycles. The highest BCUT2D eigenvalue weighted by Gasteiger charge is 2.30. The first-order valence-corrected chi connectivity index (χ1v) is 10.2. The van der Waals surface area contributed by atoms with Crippen molar-refractivity contribution in [3.05, 3.63) is 22.2 Å². The number of sulfonamides is 1. The Kier molecular flexibility index (Phi) is 6.74. The van der Waals surface area contributed by atoms with Crippen LogP contribution in [0.15, 0.2) is 22.0 Å². The second-order valence-electron chi connectivity index (χ2n) is 4.63. The molecule has 1 heterocycles. The van der Waals surface area contributed by atoms with E-state index in [1.54, 1.807) is 12.4 Å². The first kappa shape index (κ1) is 19.3. The molecule has 0 radical (unpaired) electrons. The lowest BCUT2D eigenvalue weighted by Crippen LogP contribution is -2.40. The summed E-state index contributed by atoms with van der Waals surface area (Å²) in [4.78, 5) is 3.45. The summed E-state index contributed by atoms with van der Waals surface area (Å²) in [5.74, 6) is 0. The molecule has 0 unspecified atom stereocenters. The Labute approximate surface area is 154 Å². The minimum Gasteiger partial charge on any atom is -0.379 e. The van der Waals surface area contributed by atoms with Crippen molar-refractivity contribution in [1.82, 2.24) is 4.31 Å². The predicted octanol–water partition coefficient (Wildman–Crippen LogP) is 2.63. The highest BCUT2D eigenvalue weighted by atomic mass is 35.5. The molecule has 0 aromatic heterocycles. The topological polar surface area (TPSA) is 94.8 Å². The van der Waals surface area contributed by atoms with Crippen LogP contribution in [0, 0.1) is 11.5 Å². The molecule has 1 saturated heterocycles. The van der Waals surface area contributed by atoms with Crippen molar-refractivity contribution < 1.29 is 13.2 Å². The maximum atomic E-state index is 12.7. The van der Waals surface area contributed by atoms with E-state index in [0.29, 0.717) is 24.1 Å². The van der Waals surface area contributed by atoms with Crippen LogP contribution in [0.4, 0.5) is 5.69 Å². The van der Waals surface area contributed by atoms with Crippen LogP contribution < -0.4 is 5.32 Å². The SMILES string of the molecule is CS/C(=N\C#N)Nc1cc(Cl)c(S(=O)(=O)N2CCOCC2)c(Cl)c1. The Balaban J connectivity index is 2.36. The molecular weight excluding hydrogens is 395 g/mol. The van der Waals surface area contributed by atoms with E-state index in [4.69, 9.17) is 33.2 Å². The molecule has 1 aliphatic rings. The number of rotatable bonds is 3. The van der Waals surface area contributed by atoms with Crippen molar-refractivity contribution >= 4 is 55.8 Å². The third kappa shape index (κ3) is 4.33. The lowest BCUT2D eigenvalue weighted by Gasteiger charge is -2.27. The minimum absolute atomic E-state index is 0.00565. The molecule has 11 heteroatoms. The number of morpholine rings is 1. The average molecular weight is 409 g/mol. The van der Waals surface area contributed by atoms with Crippen LogP contribution in [0.1, 0.15) is 0 Å². The fourth-order valence-electron chi connectivity index (χ4n) is 2.09. The lowest BCUT2D eigenvalue weighted by atomic mass is 10.3. The first-order valence-electron chi connectivity index (χ1n) is 6.75. The number of ether oxygens (including phenoxy) is 1. The molecule has 1 aromatic rings. The Bertz CT molecular complexity index is 764. The van der Waals surface area contributed by atoms with Crippen molar-refractivity contribution in [2.24, 2.45) is 4.99 Å². The van der Waals surface area contributed by atoms with E-state index in [9.17, 15) is 8.42 Å². The largest absolute Gasteiger partial charge is 0.379 e. The zero-order valence-corrected chi connectivity index (χ0v) is 15.8. The molecule has 0 bridgehead atoms. The number of nitriles is 1. The first-order chi connectivity index (χ1) is 11.4. The maximum absolute atomic E-state index is 12.7.